The molecule has 0 aromatic heterocycles. The Balaban J connectivity index is 1.72. The molecule has 0 radical (unpaired) electrons. The van der Waals surface area contributed by atoms with Gasteiger partial charge in [0.25, 0.3) is 5.91 Å². The maximum atomic E-state index is 12.7. The first-order valence-corrected chi connectivity index (χ1v) is 8.12. The molecule has 1 amide bonds. The van der Waals surface area contributed by atoms with E-state index in [0.717, 1.165) is 36.6 Å². The summed E-state index contributed by atoms with van der Waals surface area (Å²) in [5, 5.41) is 6.71. The van der Waals surface area contributed by atoms with E-state index in [2.05, 4.69) is 10.6 Å². The average molecular weight is 287 g/mol. The minimum absolute atomic E-state index is 0.133. The van der Waals surface area contributed by atoms with Crippen LogP contribution in [0.5, 0.6) is 0 Å². The number of anilines is 2. The first-order valence-electron chi connectivity index (χ1n) is 8.12. The predicted octanol–water partition coefficient (Wildman–Crippen LogP) is 3.18. The Bertz CT molecular complexity index is 509. The molecule has 1 saturated carbocycles. The number of para-hydroxylation sites is 1. The first kappa shape index (κ1) is 14.2. The van der Waals surface area contributed by atoms with Crippen molar-refractivity contribution in [2.45, 2.75) is 32.1 Å². The maximum Gasteiger partial charge on any atom is 0.255 e. The highest BCUT2D eigenvalue weighted by Gasteiger charge is 2.22. The van der Waals surface area contributed by atoms with E-state index in [1.807, 2.05) is 30.1 Å². The van der Waals surface area contributed by atoms with Crippen LogP contribution in [0.25, 0.3) is 0 Å². The van der Waals surface area contributed by atoms with Crippen LogP contribution in [-0.2, 0) is 0 Å². The summed E-state index contributed by atoms with van der Waals surface area (Å²) >= 11 is 0. The lowest BCUT2D eigenvalue weighted by Gasteiger charge is -2.28. The first-order chi connectivity index (χ1) is 10.3. The van der Waals surface area contributed by atoms with Crippen molar-refractivity contribution in [2.75, 3.05) is 37.3 Å². The molecule has 114 valence electrons. The number of carbonyl (C=O) groups is 1. The van der Waals surface area contributed by atoms with E-state index in [4.69, 9.17) is 0 Å². The topological polar surface area (TPSA) is 44.4 Å². The van der Waals surface area contributed by atoms with E-state index >= 15 is 0 Å². The number of amides is 1. The molecule has 0 atom stereocenters. The number of hydrogen-bond donors (Lipinski definition) is 2. The highest BCUT2D eigenvalue weighted by atomic mass is 16.2. The lowest BCUT2D eigenvalue weighted by molar-refractivity contribution is 0.0761. The molecule has 3 rings (SSSR count). The van der Waals surface area contributed by atoms with Crippen LogP contribution in [0.1, 0.15) is 42.5 Å². The van der Waals surface area contributed by atoms with E-state index in [1.54, 1.807) is 0 Å². The summed E-state index contributed by atoms with van der Waals surface area (Å²) in [7, 11) is 1.94. The molecular formula is C17H25N3O. The minimum Gasteiger partial charge on any atom is -0.382 e. The van der Waals surface area contributed by atoms with Crippen LogP contribution in [0.2, 0.25) is 0 Å². The summed E-state index contributed by atoms with van der Waals surface area (Å²) in [6.45, 7) is 2.65. The number of nitrogens with zero attached hydrogens (tertiary/aromatic N) is 1. The van der Waals surface area contributed by atoms with Crippen LogP contribution >= 0.6 is 0 Å². The molecule has 21 heavy (non-hydrogen) atoms. The molecule has 1 aliphatic carbocycles. The SMILES string of the molecule is CN(CC1CCCCC1)C(=O)c1cccc2c1NCCN2. The summed E-state index contributed by atoms with van der Waals surface area (Å²) in [4.78, 5) is 14.7. The Labute approximate surface area is 126 Å². The summed E-state index contributed by atoms with van der Waals surface area (Å²) < 4.78 is 0. The van der Waals surface area contributed by atoms with Gasteiger partial charge in [0.05, 0.1) is 16.9 Å². The monoisotopic (exact) mass is 287 g/mol. The van der Waals surface area contributed by atoms with E-state index < -0.39 is 0 Å². The third-order valence-corrected chi connectivity index (χ3v) is 4.64. The van der Waals surface area contributed by atoms with E-state index in [-0.39, 0.29) is 5.91 Å². The average Bonchev–Trinajstić information content (AvgIpc) is 2.54. The van der Waals surface area contributed by atoms with Crippen molar-refractivity contribution in [2.24, 2.45) is 5.92 Å². The van der Waals surface area contributed by atoms with Crippen LogP contribution in [0.3, 0.4) is 0 Å². The molecule has 1 fully saturated rings. The maximum absolute atomic E-state index is 12.7. The van der Waals surface area contributed by atoms with Gasteiger partial charge in [-0.2, -0.15) is 0 Å². The smallest absolute Gasteiger partial charge is 0.255 e. The van der Waals surface area contributed by atoms with Crippen LogP contribution in [0, 0.1) is 5.92 Å². The van der Waals surface area contributed by atoms with Crippen molar-refractivity contribution in [3.63, 3.8) is 0 Å². The van der Waals surface area contributed by atoms with Crippen molar-refractivity contribution >= 4 is 17.3 Å². The Hall–Kier alpha value is -1.71. The second-order valence-electron chi connectivity index (χ2n) is 6.27. The molecule has 1 aromatic rings. The zero-order valence-corrected chi connectivity index (χ0v) is 12.8. The molecule has 2 aliphatic rings. The van der Waals surface area contributed by atoms with Crippen LogP contribution < -0.4 is 10.6 Å². The summed E-state index contributed by atoms with van der Waals surface area (Å²) in [6.07, 6.45) is 6.53. The molecule has 0 unspecified atom stereocenters. The van der Waals surface area contributed by atoms with Crippen molar-refractivity contribution in [3.8, 4) is 0 Å². The van der Waals surface area contributed by atoms with Gasteiger partial charge in [0, 0.05) is 26.7 Å². The van der Waals surface area contributed by atoms with Gasteiger partial charge >= 0.3 is 0 Å². The number of fused-ring (bicyclic) bond motifs is 1. The minimum atomic E-state index is 0.133. The second-order valence-corrected chi connectivity index (χ2v) is 6.27. The molecule has 4 heteroatoms. The molecule has 0 saturated heterocycles. The van der Waals surface area contributed by atoms with Crippen molar-refractivity contribution in [1.29, 1.82) is 0 Å². The van der Waals surface area contributed by atoms with E-state index in [9.17, 15) is 4.79 Å². The van der Waals surface area contributed by atoms with Gasteiger partial charge in [0.15, 0.2) is 0 Å². The highest BCUT2D eigenvalue weighted by Crippen LogP contribution is 2.30. The Morgan fingerprint density at radius 3 is 2.76 bits per heavy atom. The predicted molar refractivity (Wildman–Crippen MR) is 87.0 cm³/mol. The normalized spacial score (nSPS) is 18.3. The molecule has 1 aliphatic heterocycles. The highest BCUT2D eigenvalue weighted by molar-refractivity contribution is 6.02. The number of benzene rings is 1. The van der Waals surface area contributed by atoms with E-state index in [1.165, 1.54) is 32.1 Å². The van der Waals surface area contributed by atoms with Gasteiger partial charge in [0.2, 0.25) is 0 Å². The van der Waals surface area contributed by atoms with Crippen molar-refractivity contribution in [1.82, 2.24) is 4.90 Å². The fourth-order valence-electron chi connectivity index (χ4n) is 3.50. The molecule has 1 aromatic carbocycles. The van der Waals surface area contributed by atoms with Gasteiger partial charge in [-0.3, -0.25) is 4.79 Å². The van der Waals surface area contributed by atoms with Crippen molar-refractivity contribution in [3.05, 3.63) is 23.8 Å². The second kappa shape index (κ2) is 6.37. The lowest BCUT2D eigenvalue weighted by Crippen LogP contribution is -2.34. The third kappa shape index (κ3) is 3.14. The Kier molecular flexibility index (Phi) is 4.32. The van der Waals surface area contributed by atoms with Gasteiger partial charge in [-0.15, -0.1) is 0 Å². The number of rotatable bonds is 3. The van der Waals surface area contributed by atoms with Gasteiger partial charge in [-0.1, -0.05) is 25.3 Å². The molecule has 4 nitrogen and oxygen atoms in total. The summed E-state index contributed by atoms with van der Waals surface area (Å²) in [5.74, 6) is 0.812. The number of hydrogen-bond acceptors (Lipinski definition) is 3. The Morgan fingerprint density at radius 2 is 1.95 bits per heavy atom. The molecule has 1 heterocycles. The van der Waals surface area contributed by atoms with Gasteiger partial charge in [-0.25, -0.2) is 0 Å². The molecule has 2 N–H and O–H groups in total. The summed E-state index contributed by atoms with van der Waals surface area (Å²) in [5.41, 5.74) is 2.79. The van der Waals surface area contributed by atoms with Gasteiger partial charge in [-0.05, 0) is 30.9 Å². The molecular weight excluding hydrogens is 262 g/mol. The van der Waals surface area contributed by atoms with Crippen LogP contribution in [0.15, 0.2) is 18.2 Å². The van der Waals surface area contributed by atoms with Crippen molar-refractivity contribution < 1.29 is 4.79 Å². The standard InChI is InChI=1S/C17H25N3O/c1-20(12-13-6-3-2-4-7-13)17(21)14-8-5-9-15-16(14)19-11-10-18-15/h5,8-9,13,18-19H,2-4,6-7,10-12H2,1H3. The zero-order valence-electron chi connectivity index (χ0n) is 12.8. The van der Waals surface area contributed by atoms with E-state index in [0.29, 0.717) is 5.92 Å². The zero-order chi connectivity index (χ0) is 14.7. The summed E-state index contributed by atoms with van der Waals surface area (Å²) in [6, 6.07) is 5.92. The quantitative estimate of drug-likeness (QED) is 0.897. The molecule has 0 bridgehead atoms. The third-order valence-electron chi connectivity index (χ3n) is 4.64. The van der Waals surface area contributed by atoms with Gasteiger partial charge < -0.3 is 15.5 Å². The number of nitrogens with one attached hydrogen (secondary N) is 2. The van der Waals surface area contributed by atoms with Crippen LogP contribution in [0.4, 0.5) is 11.4 Å². The fourth-order valence-corrected chi connectivity index (χ4v) is 3.50. The largest absolute Gasteiger partial charge is 0.382 e. The Morgan fingerprint density at radius 1 is 1.19 bits per heavy atom. The van der Waals surface area contributed by atoms with Crippen LogP contribution in [-0.4, -0.2) is 37.5 Å². The lowest BCUT2D eigenvalue weighted by atomic mass is 9.89. The fraction of sp³-hybridized carbons (Fsp3) is 0.588. The molecule has 0 spiro atoms. The van der Waals surface area contributed by atoms with Gasteiger partial charge in [0.1, 0.15) is 0 Å². The number of carbonyl (C=O) groups excluding carboxylic acids is 1.